The van der Waals surface area contributed by atoms with Crippen LogP contribution in [-0.4, -0.2) is 9.97 Å². The summed E-state index contributed by atoms with van der Waals surface area (Å²) in [5.41, 5.74) is 3.26. The van der Waals surface area contributed by atoms with Crippen LogP contribution in [0.25, 0.3) is 22.5 Å². The first-order valence-electron chi connectivity index (χ1n) is 7.00. The summed E-state index contributed by atoms with van der Waals surface area (Å²) >= 11 is 0. The molecule has 2 heterocycles. The van der Waals surface area contributed by atoms with E-state index >= 15 is 0 Å². The van der Waals surface area contributed by atoms with Gasteiger partial charge in [0, 0.05) is 23.5 Å². The molecule has 0 N–H and O–H groups in total. The van der Waals surface area contributed by atoms with Crippen molar-refractivity contribution < 1.29 is 13.2 Å². The fourth-order valence-electron chi connectivity index (χ4n) is 2.21. The zero-order chi connectivity index (χ0) is 16.4. The summed E-state index contributed by atoms with van der Waals surface area (Å²) in [4.78, 5) is 8.28. The highest BCUT2D eigenvalue weighted by Crippen LogP contribution is 2.30. The highest BCUT2D eigenvalue weighted by molar-refractivity contribution is 5.69. The van der Waals surface area contributed by atoms with Gasteiger partial charge in [0.2, 0.25) is 0 Å². The maximum atomic E-state index is 12.6. The smallest absolute Gasteiger partial charge is 0.256 e. The minimum atomic E-state index is -4.38. The minimum Gasteiger partial charge on any atom is -0.256 e. The van der Waals surface area contributed by atoms with Gasteiger partial charge >= 0.3 is 6.18 Å². The second kappa shape index (κ2) is 5.83. The van der Waals surface area contributed by atoms with E-state index in [2.05, 4.69) is 9.97 Å². The van der Waals surface area contributed by atoms with E-state index in [1.54, 1.807) is 6.20 Å². The van der Waals surface area contributed by atoms with Crippen molar-refractivity contribution in [2.24, 2.45) is 0 Å². The molecule has 0 aliphatic heterocycles. The molecule has 5 heteroatoms. The van der Waals surface area contributed by atoms with Gasteiger partial charge in [0.15, 0.2) is 0 Å². The van der Waals surface area contributed by atoms with E-state index in [0.717, 1.165) is 34.6 Å². The molecule has 3 rings (SSSR count). The molecule has 0 amide bonds. The predicted octanol–water partition coefficient (Wildman–Crippen LogP) is 5.14. The molecule has 0 atom stereocenters. The van der Waals surface area contributed by atoms with Crippen LogP contribution in [0.2, 0.25) is 0 Å². The average Bonchev–Trinajstić information content (AvgIpc) is 2.55. The van der Waals surface area contributed by atoms with Crippen LogP contribution in [0.1, 0.15) is 11.1 Å². The van der Waals surface area contributed by atoms with Gasteiger partial charge in [-0.15, -0.1) is 0 Å². The monoisotopic (exact) mass is 314 g/mol. The topological polar surface area (TPSA) is 25.8 Å². The molecule has 1 aromatic carbocycles. The molecule has 116 valence electrons. The number of alkyl halides is 3. The first-order chi connectivity index (χ1) is 10.9. The molecule has 0 aliphatic carbocycles. The van der Waals surface area contributed by atoms with Crippen molar-refractivity contribution in [3.63, 3.8) is 0 Å². The molecular formula is C18H13F3N2. The zero-order valence-corrected chi connectivity index (χ0v) is 12.3. The SMILES string of the molecule is Cc1ccc(-c2cccc(-c3ccc(C(F)(F)F)cn3)c2)nc1. The normalized spacial score (nSPS) is 11.5. The lowest BCUT2D eigenvalue weighted by atomic mass is 10.0. The van der Waals surface area contributed by atoms with E-state index in [1.165, 1.54) is 6.07 Å². The molecule has 0 bridgehead atoms. The van der Waals surface area contributed by atoms with Crippen molar-refractivity contribution in [2.45, 2.75) is 13.1 Å². The van der Waals surface area contributed by atoms with E-state index < -0.39 is 11.7 Å². The molecule has 0 spiro atoms. The predicted molar refractivity (Wildman–Crippen MR) is 82.6 cm³/mol. The van der Waals surface area contributed by atoms with Crippen molar-refractivity contribution >= 4 is 0 Å². The molecule has 0 aliphatic rings. The van der Waals surface area contributed by atoms with E-state index in [0.29, 0.717) is 5.69 Å². The molecule has 0 saturated carbocycles. The number of pyridine rings is 2. The van der Waals surface area contributed by atoms with Gasteiger partial charge < -0.3 is 0 Å². The molecule has 2 nitrogen and oxygen atoms in total. The van der Waals surface area contributed by atoms with Gasteiger partial charge in [-0.2, -0.15) is 13.2 Å². The van der Waals surface area contributed by atoms with Gasteiger partial charge in [-0.1, -0.05) is 24.3 Å². The third kappa shape index (κ3) is 3.39. The Balaban J connectivity index is 1.95. The van der Waals surface area contributed by atoms with Crippen molar-refractivity contribution in [1.29, 1.82) is 0 Å². The number of halogens is 3. The van der Waals surface area contributed by atoms with Crippen LogP contribution in [0.5, 0.6) is 0 Å². The number of nitrogens with zero attached hydrogens (tertiary/aromatic N) is 2. The van der Waals surface area contributed by atoms with Gasteiger partial charge in [-0.3, -0.25) is 9.97 Å². The zero-order valence-electron chi connectivity index (χ0n) is 12.3. The standard InChI is InChI=1S/C18H13F3N2/c1-12-5-7-16(22-10-12)13-3-2-4-14(9-13)17-8-6-15(11-23-17)18(19,20)21/h2-11H,1H3. The van der Waals surface area contributed by atoms with Crippen LogP contribution in [0, 0.1) is 6.92 Å². The first kappa shape index (κ1) is 15.2. The van der Waals surface area contributed by atoms with Crippen LogP contribution in [0.15, 0.2) is 60.9 Å². The summed E-state index contributed by atoms with van der Waals surface area (Å²) in [6, 6.07) is 13.7. The Labute approximate surface area is 131 Å². The van der Waals surface area contributed by atoms with Gasteiger partial charge in [-0.05, 0) is 36.8 Å². The molecular weight excluding hydrogens is 301 g/mol. The van der Waals surface area contributed by atoms with Crippen molar-refractivity contribution in [1.82, 2.24) is 9.97 Å². The van der Waals surface area contributed by atoms with Gasteiger partial charge in [0.05, 0.1) is 17.0 Å². The molecule has 23 heavy (non-hydrogen) atoms. The summed E-state index contributed by atoms with van der Waals surface area (Å²) in [6.45, 7) is 1.96. The summed E-state index contributed by atoms with van der Waals surface area (Å²) in [6.07, 6.45) is -1.75. The van der Waals surface area contributed by atoms with Crippen LogP contribution < -0.4 is 0 Å². The lowest BCUT2D eigenvalue weighted by Gasteiger charge is -2.08. The number of benzene rings is 1. The Hall–Kier alpha value is -2.69. The number of aryl methyl sites for hydroxylation is 1. The van der Waals surface area contributed by atoms with Gasteiger partial charge in [-0.25, -0.2) is 0 Å². The Kier molecular flexibility index (Phi) is 3.86. The minimum absolute atomic E-state index is 0.493. The second-order valence-corrected chi connectivity index (χ2v) is 5.23. The quantitative estimate of drug-likeness (QED) is 0.654. The summed E-state index contributed by atoms with van der Waals surface area (Å²) in [5, 5.41) is 0. The average molecular weight is 314 g/mol. The molecule has 2 aromatic heterocycles. The van der Waals surface area contributed by atoms with Crippen molar-refractivity contribution in [2.75, 3.05) is 0 Å². The van der Waals surface area contributed by atoms with E-state index in [1.807, 2.05) is 43.3 Å². The maximum Gasteiger partial charge on any atom is 0.417 e. The summed E-state index contributed by atoms with van der Waals surface area (Å²) < 4.78 is 37.8. The van der Waals surface area contributed by atoms with Gasteiger partial charge in [0.1, 0.15) is 0 Å². The number of hydrogen-bond acceptors (Lipinski definition) is 2. The summed E-state index contributed by atoms with van der Waals surface area (Å²) in [5.74, 6) is 0. The number of rotatable bonds is 2. The van der Waals surface area contributed by atoms with Crippen LogP contribution >= 0.6 is 0 Å². The van der Waals surface area contributed by atoms with Crippen molar-refractivity contribution in [3.05, 3.63) is 72.1 Å². The fraction of sp³-hybridized carbons (Fsp3) is 0.111. The molecule has 0 radical (unpaired) electrons. The van der Waals surface area contributed by atoms with Gasteiger partial charge in [0.25, 0.3) is 0 Å². The molecule has 3 aromatic rings. The lowest BCUT2D eigenvalue weighted by Crippen LogP contribution is -2.05. The molecule has 0 fully saturated rings. The Morgan fingerprint density at radius 2 is 1.39 bits per heavy atom. The lowest BCUT2D eigenvalue weighted by molar-refractivity contribution is -0.137. The second-order valence-electron chi connectivity index (χ2n) is 5.23. The number of aromatic nitrogens is 2. The van der Waals surface area contributed by atoms with E-state index in [4.69, 9.17) is 0 Å². The van der Waals surface area contributed by atoms with Crippen LogP contribution in [0.3, 0.4) is 0 Å². The third-order valence-electron chi connectivity index (χ3n) is 3.46. The molecule has 0 unspecified atom stereocenters. The van der Waals surface area contributed by atoms with E-state index in [9.17, 15) is 13.2 Å². The van der Waals surface area contributed by atoms with Crippen molar-refractivity contribution in [3.8, 4) is 22.5 Å². The molecule has 0 saturated heterocycles. The maximum absolute atomic E-state index is 12.6. The number of hydrogen-bond donors (Lipinski definition) is 0. The van der Waals surface area contributed by atoms with Crippen LogP contribution in [-0.2, 0) is 6.18 Å². The summed E-state index contributed by atoms with van der Waals surface area (Å²) in [7, 11) is 0. The highest BCUT2D eigenvalue weighted by atomic mass is 19.4. The highest BCUT2D eigenvalue weighted by Gasteiger charge is 2.30. The Bertz CT molecular complexity index is 807. The first-order valence-corrected chi connectivity index (χ1v) is 7.00. The van der Waals surface area contributed by atoms with E-state index in [-0.39, 0.29) is 0 Å². The Morgan fingerprint density at radius 1 is 0.783 bits per heavy atom. The third-order valence-corrected chi connectivity index (χ3v) is 3.46. The fourth-order valence-corrected chi connectivity index (χ4v) is 2.21. The van der Waals surface area contributed by atoms with Crippen LogP contribution in [0.4, 0.5) is 13.2 Å². The Morgan fingerprint density at radius 3 is 1.87 bits per heavy atom. The largest absolute Gasteiger partial charge is 0.417 e.